The van der Waals surface area contributed by atoms with Crippen molar-refractivity contribution in [1.82, 2.24) is 5.32 Å². The van der Waals surface area contributed by atoms with Crippen molar-refractivity contribution in [2.24, 2.45) is 5.92 Å². The lowest BCUT2D eigenvalue weighted by atomic mass is 10.1. The number of rotatable bonds is 5. The highest BCUT2D eigenvalue weighted by Crippen LogP contribution is 2.16. The Morgan fingerprint density at radius 1 is 1.17 bits per heavy atom. The first-order valence-electron chi connectivity index (χ1n) is 7.86. The van der Waals surface area contributed by atoms with Crippen molar-refractivity contribution >= 4 is 28.9 Å². The van der Waals surface area contributed by atoms with Crippen LogP contribution in [0.4, 0.5) is 5.69 Å². The SMILES string of the molecule is Cc1cccc(C(=O)NC(=S)Nc2ccc(OCC(C)C)cc2)c1. The lowest BCUT2D eigenvalue weighted by Gasteiger charge is -2.12. The Bertz CT molecular complexity index is 712. The average Bonchev–Trinajstić information content (AvgIpc) is 2.54. The van der Waals surface area contributed by atoms with E-state index in [1.807, 2.05) is 49.4 Å². The Hall–Kier alpha value is -2.40. The molecule has 0 bridgehead atoms. The molecule has 0 aromatic heterocycles. The minimum absolute atomic E-state index is 0.229. The number of anilines is 1. The number of hydrogen-bond acceptors (Lipinski definition) is 3. The molecule has 0 atom stereocenters. The van der Waals surface area contributed by atoms with Crippen LogP contribution in [0.5, 0.6) is 5.75 Å². The van der Waals surface area contributed by atoms with Crippen LogP contribution in [0.15, 0.2) is 48.5 Å². The number of aryl methyl sites for hydroxylation is 1. The summed E-state index contributed by atoms with van der Waals surface area (Å²) in [6.45, 7) is 6.82. The van der Waals surface area contributed by atoms with E-state index in [-0.39, 0.29) is 11.0 Å². The molecule has 0 spiro atoms. The van der Waals surface area contributed by atoms with Crippen LogP contribution in [-0.2, 0) is 0 Å². The number of hydrogen-bond donors (Lipinski definition) is 2. The number of amides is 1. The van der Waals surface area contributed by atoms with Gasteiger partial charge in [-0.2, -0.15) is 0 Å². The quantitative estimate of drug-likeness (QED) is 0.801. The van der Waals surface area contributed by atoms with E-state index in [2.05, 4.69) is 24.5 Å². The molecule has 0 heterocycles. The van der Waals surface area contributed by atoms with E-state index in [9.17, 15) is 4.79 Å². The van der Waals surface area contributed by atoms with Gasteiger partial charge in [0.15, 0.2) is 5.11 Å². The van der Waals surface area contributed by atoms with E-state index in [0.29, 0.717) is 18.1 Å². The van der Waals surface area contributed by atoms with E-state index in [4.69, 9.17) is 17.0 Å². The first-order chi connectivity index (χ1) is 11.4. The third kappa shape index (κ3) is 5.66. The second-order valence-corrected chi connectivity index (χ2v) is 6.42. The first-order valence-corrected chi connectivity index (χ1v) is 8.26. The molecule has 2 aromatic rings. The molecule has 24 heavy (non-hydrogen) atoms. The second-order valence-electron chi connectivity index (χ2n) is 6.01. The van der Waals surface area contributed by atoms with Crippen molar-refractivity contribution in [2.45, 2.75) is 20.8 Å². The highest BCUT2D eigenvalue weighted by molar-refractivity contribution is 7.80. The summed E-state index contributed by atoms with van der Waals surface area (Å²) in [5, 5.41) is 5.93. The molecule has 0 unspecified atom stereocenters. The lowest BCUT2D eigenvalue weighted by Crippen LogP contribution is -2.34. The molecule has 5 heteroatoms. The summed E-state index contributed by atoms with van der Waals surface area (Å²) in [5.74, 6) is 1.06. The first kappa shape index (κ1) is 17.9. The largest absolute Gasteiger partial charge is 0.493 e. The van der Waals surface area contributed by atoms with Crippen molar-refractivity contribution in [3.63, 3.8) is 0 Å². The number of carbonyl (C=O) groups is 1. The highest BCUT2D eigenvalue weighted by atomic mass is 32.1. The zero-order valence-electron chi connectivity index (χ0n) is 14.1. The van der Waals surface area contributed by atoms with Gasteiger partial charge in [-0.15, -0.1) is 0 Å². The number of nitrogens with one attached hydrogen (secondary N) is 2. The van der Waals surface area contributed by atoms with Gasteiger partial charge < -0.3 is 10.1 Å². The maximum atomic E-state index is 12.1. The van der Waals surface area contributed by atoms with Crippen molar-refractivity contribution in [2.75, 3.05) is 11.9 Å². The maximum Gasteiger partial charge on any atom is 0.257 e. The normalized spacial score (nSPS) is 10.3. The minimum Gasteiger partial charge on any atom is -0.493 e. The summed E-state index contributed by atoms with van der Waals surface area (Å²) in [6.07, 6.45) is 0. The van der Waals surface area contributed by atoms with Crippen molar-refractivity contribution in [1.29, 1.82) is 0 Å². The fourth-order valence-corrected chi connectivity index (χ4v) is 2.23. The van der Waals surface area contributed by atoms with Crippen LogP contribution in [0, 0.1) is 12.8 Å². The fraction of sp³-hybridized carbons (Fsp3) is 0.263. The van der Waals surface area contributed by atoms with Gasteiger partial charge in [0, 0.05) is 11.3 Å². The molecule has 0 saturated carbocycles. The summed E-state index contributed by atoms with van der Waals surface area (Å²) in [5.41, 5.74) is 2.40. The van der Waals surface area contributed by atoms with E-state index in [1.54, 1.807) is 6.07 Å². The topological polar surface area (TPSA) is 50.4 Å². The standard InChI is InChI=1S/C19H22N2O2S/c1-13(2)12-23-17-9-7-16(8-10-17)20-19(24)21-18(22)15-6-4-5-14(3)11-15/h4-11,13H,12H2,1-3H3,(H2,20,21,22,24). The summed E-state index contributed by atoms with van der Waals surface area (Å²) >= 11 is 5.19. The van der Waals surface area contributed by atoms with Gasteiger partial charge in [0.25, 0.3) is 5.91 Å². The van der Waals surface area contributed by atoms with Crippen LogP contribution in [0.3, 0.4) is 0 Å². The Balaban J connectivity index is 1.89. The van der Waals surface area contributed by atoms with Gasteiger partial charge in [-0.25, -0.2) is 0 Å². The van der Waals surface area contributed by atoms with Gasteiger partial charge in [0.05, 0.1) is 6.61 Å². The molecule has 0 aliphatic carbocycles. The predicted octanol–water partition coefficient (Wildman–Crippen LogP) is 4.16. The van der Waals surface area contributed by atoms with Gasteiger partial charge >= 0.3 is 0 Å². The Morgan fingerprint density at radius 2 is 1.88 bits per heavy atom. The van der Waals surface area contributed by atoms with Crippen LogP contribution in [0.1, 0.15) is 29.8 Å². The summed E-state index contributed by atoms with van der Waals surface area (Å²) < 4.78 is 5.63. The van der Waals surface area contributed by atoms with E-state index in [1.165, 1.54) is 0 Å². The van der Waals surface area contributed by atoms with Gasteiger partial charge in [-0.05, 0) is 61.5 Å². The Morgan fingerprint density at radius 3 is 2.50 bits per heavy atom. The molecule has 2 rings (SSSR count). The van der Waals surface area contributed by atoms with Crippen LogP contribution < -0.4 is 15.4 Å². The van der Waals surface area contributed by atoms with Crippen LogP contribution in [-0.4, -0.2) is 17.6 Å². The van der Waals surface area contributed by atoms with Crippen molar-refractivity contribution in [3.05, 3.63) is 59.7 Å². The van der Waals surface area contributed by atoms with Gasteiger partial charge in [0.2, 0.25) is 0 Å². The summed E-state index contributed by atoms with van der Waals surface area (Å²) in [4.78, 5) is 12.1. The molecule has 0 aliphatic rings. The summed E-state index contributed by atoms with van der Waals surface area (Å²) in [7, 11) is 0. The predicted molar refractivity (Wildman–Crippen MR) is 102 cm³/mol. The fourth-order valence-electron chi connectivity index (χ4n) is 2.02. The molecule has 126 valence electrons. The van der Waals surface area contributed by atoms with Crippen molar-refractivity contribution in [3.8, 4) is 5.75 Å². The number of benzene rings is 2. The molecule has 1 amide bonds. The number of ether oxygens (including phenoxy) is 1. The van der Waals surface area contributed by atoms with Crippen LogP contribution in [0.25, 0.3) is 0 Å². The monoisotopic (exact) mass is 342 g/mol. The molecule has 0 fully saturated rings. The van der Waals surface area contributed by atoms with Gasteiger partial charge in [0.1, 0.15) is 5.75 Å². The smallest absolute Gasteiger partial charge is 0.257 e. The number of thiocarbonyl (C=S) groups is 1. The number of carbonyl (C=O) groups excluding carboxylic acids is 1. The zero-order valence-corrected chi connectivity index (χ0v) is 14.9. The molecular formula is C19H22N2O2S. The minimum atomic E-state index is -0.229. The molecule has 0 saturated heterocycles. The molecular weight excluding hydrogens is 320 g/mol. The highest BCUT2D eigenvalue weighted by Gasteiger charge is 2.08. The van der Waals surface area contributed by atoms with Gasteiger partial charge in [-0.1, -0.05) is 31.5 Å². The molecule has 4 nitrogen and oxygen atoms in total. The van der Waals surface area contributed by atoms with E-state index >= 15 is 0 Å². The third-order valence-corrected chi connectivity index (χ3v) is 3.41. The van der Waals surface area contributed by atoms with E-state index < -0.39 is 0 Å². The Kier molecular flexibility index (Phi) is 6.32. The molecule has 0 aliphatic heterocycles. The Labute approximate surface area is 148 Å². The summed E-state index contributed by atoms with van der Waals surface area (Å²) in [6, 6.07) is 14.8. The van der Waals surface area contributed by atoms with Crippen molar-refractivity contribution < 1.29 is 9.53 Å². The van der Waals surface area contributed by atoms with Crippen LogP contribution in [0.2, 0.25) is 0 Å². The zero-order chi connectivity index (χ0) is 17.5. The molecule has 2 aromatic carbocycles. The lowest BCUT2D eigenvalue weighted by molar-refractivity contribution is 0.0977. The molecule has 0 radical (unpaired) electrons. The van der Waals surface area contributed by atoms with Gasteiger partial charge in [-0.3, -0.25) is 10.1 Å². The van der Waals surface area contributed by atoms with E-state index in [0.717, 1.165) is 17.0 Å². The third-order valence-electron chi connectivity index (χ3n) is 3.20. The second kappa shape index (κ2) is 8.45. The molecule has 2 N–H and O–H groups in total. The van der Waals surface area contributed by atoms with Crippen LogP contribution >= 0.6 is 12.2 Å². The maximum absolute atomic E-state index is 12.1. The average molecular weight is 342 g/mol.